The van der Waals surface area contributed by atoms with E-state index in [9.17, 15) is 9.59 Å². The van der Waals surface area contributed by atoms with Crippen LogP contribution in [0.15, 0.2) is 76.7 Å². The standard InChI is InChI=1S/C33H38N4O4S/c1-23-26(9-12-31(34-23)42-29-10-7-25(8-11-29)32(38)39)21-35-17-13-28(14-18-35)37-30(24-5-3-2-4-6-24)22-36(33(37)40)27-15-19-41-20-16-27/h2-12,27-28,30H,13-22H2,1H3,(H,38,39)/t30-/m0/s1. The first-order chi connectivity index (χ1) is 20.5. The molecule has 3 aliphatic rings. The Morgan fingerprint density at radius 2 is 1.67 bits per heavy atom. The molecule has 2 aromatic carbocycles. The summed E-state index contributed by atoms with van der Waals surface area (Å²) in [6.45, 7) is 7.00. The molecule has 9 heteroatoms. The molecule has 1 aromatic heterocycles. The molecular formula is C33H38N4O4S. The third kappa shape index (κ3) is 6.33. The Balaban J connectivity index is 1.08. The van der Waals surface area contributed by atoms with Crippen LogP contribution in [0.1, 0.15) is 58.9 Å². The number of rotatable bonds is 8. The summed E-state index contributed by atoms with van der Waals surface area (Å²) < 4.78 is 5.58. The zero-order valence-corrected chi connectivity index (χ0v) is 24.8. The average Bonchev–Trinajstić information content (AvgIpc) is 3.37. The minimum absolute atomic E-state index is 0.0925. The number of ether oxygens (including phenoxy) is 1. The lowest BCUT2D eigenvalue weighted by Gasteiger charge is -2.39. The molecule has 0 unspecified atom stereocenters. The van der Waals surface area contributed by atoms with Crippen LogP contribution in [0.2, 0.25) is 0 Å². The molecule has 0 saturated carbocycles. The third-order valence-electron chi connectivity index (χ3n) is 8.83. The minimum atomic E-state index is -0.922. The van der Waals surface area contributed by atoms with Gasteiger partial charge in [0.25, 0.3) is 0 Å². The van der Waals surface area contributed by atoms with Gasteiger partial charge in [-0.2, -0.15) is 0 Å². The number of hydrogen-bond acceptors (Lipinski definition) is 6. The number of aryl methyl sites for hydroxylation is 1. The fourth-order valence-electron chi connectivity index (χ4n) is 6.46. The number of piperidine rings is 1. The number of benzene rings is 2. The van der Waals surface area contributed by atoms with Crippen molar-refractivity contribution in [3.63, 3.8) is 0 Å². The van der Waals surface area contributed by atoms with Crippen molar-refractivity contribution in [3.05, 3.63) is 89.1 Å². The maximum Gasteiger partial charge on any atom is 0.335 e. The molecule has 0 aliphatic carbocycles. The van der Waals surface area contributed by atoms with E-state index in [0.29, 0.717) is 0 Å². The highest BCUT2D eigenvalue weighted by atomic mass is 32.2. The summed E-state index contributed by atoms with van der Waals surface area (Å²) in [5, 5.41) is 10.0. The maximum absolute atomic E-state index is 13.9. The van der Waals surface area contributed by atoms with Crippen LogP contribution < -0.4 is 0 Å². The summed E-state index contributed by atoms with van der Waals surface area (Å²) in [5.74, 6) is -0.922. The number of carbonyl (C=O) groups is 2. The zero-order valence-electron chi connectivity index (χ0n) is 24.0. The molecule has 0 spiro atoms. The van der Waals surface area contributed by atoms with E-state index in [-0.39, 0.29) is 29.7 Å². The summed E-state index contributed by atoms with van der Waals surface area (Å²) in [7, 11) is 0. The quantitative estimate of drug-likeness (QED) is 0.354. The number of carboxylic acid groups (broad SMARTS) is 1. The number of aromatic carboxylic acids is 1. The highest BCUT2D eigenvalue weighted by molar-refractivity contribution is 7.99. The van der Waals surface area contributed by atoms with Crippen molar-refractivity contribution >= 4 is 23.8 Å². The number of carbonyl (C=O) groups excluding carboxylic acids is 1. The molecular weight excluding hydrogens is 548 g/mol. The van der Waals surface area contributed by atoms with Crippen LogP contribution in [0.3, 0.4) is 0 Å². The summed E-state index contributed by atoms with van der Waals surface area (Å²) in [6, 6.07) is 22.4. The van der Waals surface area contributed by atoms with Crippen LogP contribution in [-0.2, 0) is 11.3 Å². The molecule has 1 atom stereocenters. The number of likely N-dealkylation sites (tertiary alicyclic amines) is 1. The fourth-order valence-corrected chi connectivity index (χ4v) is 7.29. The van der Waals surface area contributed by atoms with Crippen molar-refractivity contribution in [2.45, 2.75) is 67.2 Å². The zero-order chi connectivity index (χ0) is 29.1. The van der Waals surface area contributed by atoms with E-state index in [1.54, 1.807) is 12.1 Å². The first-order valence-electron chi connectivity index (χ1n) is 14.9. The molecule has 220 valence electrons. The van der Waals surface area contributed by atoms with Crippen LogP contribution >= 0.6 is 11.8 Å². The SMILES string of the molecule is Cc1nc(Sc2ccc(C(=O)O)cc2)ccc1CN1CCC(N2C(=O)N(C3CCOCC3)C[C@H]2c2ccccc2)CC1. The van der Waals surface area contributed by atoms with E-state index >= 15 is 0 Å². The van der Waals surface area contributed by atoms with Crippen LogP contribution in [0.4, 0.5) is 4.79 Å². The molecule has 3 fully saturated rings. The molecule has 8 nitrogen and oxygen atoms in total. The van der Waals surface area contributed by atoms with Gasteiger partial charge in [-0.25, -0.2) is 14.6 Å². The lowest BCUT2D eigenvalue weighted by molar-refractivity contribution is 0.0493. The summed E-state index contributed by atoms with van der Waals surface area (Å²) in [5.41, 5.74) is 3.73. The first kappa shape index (κ1) is 28.7. The molecule has 0 bridgehead atoms. The van der Waals surface area contributed by atoms with Crippen molar-refractivity contribution in [1.29, 1.82) is 0 Å². The maximum atomic E-state index is 13.9. The summed E-state index contributed by atoms with van der Waals surface area (Å²) >= 11 is 1.53. The Hall–Kier alpha value is -3.40. The lowest BCUT2D eigenvalue weighted by atomic mass is 9.98. The number of aromatic nitrogens is 1. The number of pyridine rings is 1. The molecule has 42 heavy (non-hydrogen) atoms. The lowest BCUT2D eigenvalue weighted by Crippen LogP contribution is -2.48. The molecule has 3 aromatic rings. The van der Waals surface area contributed by atoms with E-state index in [4.69, 9.17) is 14.8 Å². The Labute approximate surface area is 251 Å². The molecule has 4 heterocycles. The number of carboxylic acids is 1. The molecule has 0 radical (unpaired) electrons. The van der Waals surface area contributed by atoms with Crippen molar-refractivity contribution < 1.29 is 19.4 Å². The first-order valence-corrected chi connectivity index (χ1v) is 15.7. The molecule has 1 N–H and O–H groups in total. The second-order valence-corrected chi connectivity index (χ2v) is 12.5. The van der Waals surface area contributed by atoms with Crippen LogP contribution in [0, 0.1) is 6.92 Å². The second-order valence-electron chi connectivity index (χ2n) is 11.4. The number of urea groups is 1. The highest BCUT2D eigenvalue weighted by Crippen LogP contribution is 2.37. The van der Waals surface area contributed by atoms with Gasteiger partial charge in [0.15, 0.2) is 0 Å². The Kier molecular flexibility index (Phi) is 8.79. The number of hydrogen-bond donors (Lipinski definition) is 1. The van der Waals surface area contributed by atoms with Crippen molar-refractivity contribution in [2.24, 2.45) is 0 Å². The van der Waals surface area contributed by atoms with Gasteiger partial charge in [-0.3, -0.25) is 4.90 Å². The summed E-state index contributed by atoms with van der Waals surface area (Å²) in [6.07, 6.45) is 3.76. The van der Waals surface area contributed by atoms with Gasteiger partial charge in [-0.1, -0.05) is 48.2 Å². The van der Waals surface area contributed by atoms with Crippen molar-refractivity contribution in [2.75, 3.05) is 32.8 Å². The van der Waals surface area contributed by atoms with Gasteiger partial charge >= 0.3 is 12.0 Å². The van der Waals surface area contributed by atoms with Gasteiger partial charge in [0, 0.05) is 62.1 Å². The van der Waals surface area contributed by atoms with E-state index in [1.165, 1.54) is 22.9 Å². The van der Waals surface area contributed by atoms with E-state index in [1.807, 2.05) is 24.3 Å². The van der Waals surface area contributed by atoms with Gasteiger partial charge in [0.2, 0.25) is 0 Å². The number of amides is 2. The molecule has 3 aliphatic heterocycles. The Morgan fingerprint density at radius 3 is 2.33 bits per heavy atom. The van der Waals surface area contributed by atoms with Gasteiger partial charge in [-0.05, 0) is 74.1 Å². The van der Waals surface area contributed by atoms with Gasteiger partial charge in [0.05, 0.1) is 11.6 Å². The predicted octanol–water partition coefficient (Wildman–Crippen LogP) is 5.86. The fraction of sp³-hybridized carbons (Fsp3) is 0.424. The largest absolute Gasteiger partial charge is 0.478 e. The third-order valence-corrected chi connectivity index (χ3v) is 9.77. The molecule has 2 amide bonds. The van der Waals surface area contributed by atoms with Crippen LogP contribution in [0.25, 0.3) is 0 Å². The normalized spacial score (nSPS) is 20.8. The smallest absolute Gasteiger partial charge is 0.335 e. The van der Waals surface area contributed by atoms with Crippen LogP contribution in [-0.4, -0.2) is 81.7 Å². The topological polar surface area (TPSA) is 86.2 Å². The Bertz CT molecular complexity index is 1390. The van der Waals surface area contributed by atoms with Crippen molar-refractivity contribution in [1.82, 2.24) is 19.7 Å². The van der Waals surface area contributed by atoms with E-state index in [0.717, 1.165) is 80.7 Å². The van der Waals surface area contributed by atoms with Gasteiger partial charge < -0.3 is 19.6 Å². The Morgan fingerprint density at radius 1 is 0.952 bits per heavy atom. The minimum Gasteiger partial charge on any atom is -0.478 e. The number of nitrogens with zero attached hydrogens (tertiary/aromatic N) is 4. The predicted molar refractivity (Wildman–Crippen MR) is 162 cm³/mol. The van der Waals surface area contributed by atoms with Gasteiger partial charge in [-0.15, -0.1) is 0 Å². The van der Waals surface area contributed by atoms with E-state index in [2.05, 4.69) is 52.0 Å². The molecule has 3 saturated heterocycles. The van der Waals surface area contributed by atoms with Gasteiger partial charge in [0.1, 0.15) is 5.03 Å². The average molecular weight is 587 g/mol. The second kappa shape index (κ2) is 12.9. The molecule has 6 rings (SSSR count). The van der Waals surface area contributed by atoms with Crippen LogP contribution in [0.5, 0.6) is 0 Å². The monoisotopic (exact) mass is 586 g/mol. The van der Waals surface area contributed by atoms with Crippen molar-refractivity contribution in [3.8, 4) is 0 Å². The van der Waals surface area contributed by atoms with E-state index < -0.39 is 5.97 Å². The highest BCUT2D eigenvalue weighted by Gasteiger charge is 2.45. The summed E-state index contributed by atoms with van der Waals surface area (Å²) in [4.78, 5) is 37.6.